The van der Waals surface area contributed by atoms with Gasteiger partial charge in [-0.25, -0.2) is 0 Å². The Morgan fingerprint density at radius 2 is 1.42 bits per heavy atom. The van der Waals surface area contributed by atoms with Gasteiger partial charge < -0.3 is 4.90 Å². The van der Waals surface area contributed by atoms with Gasteiger partial charge in [0.1, 0.15) is 0 Å². The van der Waals surface area contributed by atoms with Crippen molar-refractivity contribution in [2.75, 3.05) is 4.90 Å². The maximum Gasteiger partial charge on any atom is 0.0458 e. The fourth-order valence-corrected chi connectivity index (χ4v) is 9.66. The Kier molecular flexibility index (Phi) is 10.1. The van der Waals surface area contributed by atoms with E-state index < -0.39 is 0 Å². The molecule has 0 aromatic heterocycles. The average Bonchev–Trinajstić information content (AvgIpc) is 3.54. The molecule has 4 aromatic rings. The lowest BCUT2D eigenvalue weighted by molar-refractivity contribution is 0.515. The first kappa shape index (κ1) is 38.2. The van der Waals surface area contributed by atoms with Crippen LogP contribution in [0.25, 0.3) is 22.3 Å². The summed E-state index contributed by atoms with van der Waals surface area (Å²) < 4.78 is 0. The molecule has 4 aliphatic carbocycles. The second-order valence-electron chi connectivity index (χ2n) is 17.8. The largest absolute Gasteiger partial charge is 0.317 e. The normalized spacial score (nSPS) is 20.6. The van der Waals surface area contributed by atoms with E-state index in [9.17, 15) is 0 Å². The van der Waals surface area contributed by atoms with Gasteiger partial charge in [0.05, 0.1) is 0 Å². The van der Waals surface area contributed by atoms with Crippen LogP contribution in [0.5, 0.6) is 0 Å². The third-order valence-corrected chi connectivity index (χ3v) is 12.8. The molecule has 0 N–H and O–H groups in total. The average molecular weight is 744 g/mol. The van der Waals surface area contributed by atoms with E-state index in [1.807, 2.05) is 0 Å². The minimum absolute atomic E-state index is 0.0305. The summed E-state index contributed by atoms with van der Waals surface area (Å²) in [6.45, 7) is 21.2. The number of nitrogens with zero attached hydrogens (tertiary/aromatic N) is 1. The van der Waals surface area contributed by atoms with Crippen LogP contribution in [0.15, 0.2) is 181 Å². The predicted octanol–water partition coefficient (Wildman–Crippen LogP) is 15.4. The second kappa shape index (κ2) is 15.0. The summed E-state index contributed by atoms with van der Waals surface area (Å²) in [7, 11) is 0. The van der Waals surface area contributed by atoms with E-state index in [4.69, 9.17) is 6.58 Å². The fraction of sp³-hybridized carbons (Fsp3) is 0.250. The number of anilines is 2. The molecule has 4 aliphatic rings. The van der Waals surface area contributed by atoms with Gasteiger partial charge in [-0.2, -0.15) is 0 Å². The van der Waals surface area contributed by atoms with Gasteiger partial charge in [-0.1, -0.05) is 157 Å². The molecule has 0 spiro atoms. The minimum Gasteiger partial charge on any atom is -0.317 e. The Morgan fingerprint density at radius 1 is 0.684 bits per heavy atom. The maximum absolute atomic E-state index is 4.74. The van der Waals surface area contributed by atoms with Crippen molar-refractivity contribution in [2.24, 2.45) is 0 Å². The van der Waals surface area contributed by atoms with E-state index >= 15 is 0 Å². The molecule has 0 atom stereocenters. The van der Waals surface area contributed by atoms with Gasteiger partial charge >= 0.3 is 0 Å². The molecule has 0 saturated carbocycles. The molecule has 0 unspecified atom stereocenters. The summed E-state index contributed by atoms with van der Waals surface area (Å²) in [6, 6.07) is 31.7. The molecule has 1 nitrogen and oxygen atoms in total. The van der Waals surface area contributed by atoms with Crippen molar-refractivity contribution in [2.45, 2.75) is 90.4 Å². The fourth-order valence-electron chi connectivity index (χ4n) is 9.66. The zero-order valence-electron chi connectivity index (χ0n) is 35.0. The molecule has 0 aliphatic heterocycles. The lowest BCUT2D eigenvalue weighted by Gasteiger charge is -2.37. The highest BCUT2D eigenvalue weighted by atomic mass is 15.1. The van der Waals surface area contributed by atoms with E-state index in [0.29, 0.717) is 0 Å². The molecular weight excluding hydrogens is 687 g/mol. The number of fused-ring (bicyclic) bond motifs is 5. The standard InChI is InChI=1S/C56H57N/c1-9-22-44-48-37-51-47(39(2)41(38-54(51,3)4)26-19-18-25-40-23-14-11-10-12-15-24-40)36-53(48)56(7,8)50(44)33-34-57(42-27-16-13-17-28-42)43-31-32-46-45-29-20-21-30-49(45)55(5,6)52(46)35-43/h9-11,13-14,16-24,26-37H,2,12,15,25,38H2,1,3-8H3/b11-10-,19-18-,22-9-,23-14-,34-33+,40-24?,41-26-. The number of rotatable bonds is 8. The second-order valence-corrected chi connectivity index (χ2v) is 17.8. The molecule has 286 valence electrons. The minimum atomic E-state index is -0.223. The summed E-state index contributed by atoms with van der Waals surface area (Å²) in [6.07, 6.45) is 31.3. The SMILES string of the molecule is C=C1/C(=C\C=C/CC2=CCC/C=C\C=C/2)CC(C)(C)c2cc3c(cc21)C(C)(C)C(/C=C/N(c1ccccc1)c1ccc2c(c1)C(C)(C)c1ccccc1-2)=C3/C=C\C. The van der Waals surface area contributed by atoms with Crippen LogP contribution in [0.2, 0.25) is 0 Å². The Morgan fingerprint density at radius 3 is 2.23 bits per heavy atom. The first-order chi connectivity index (χ1) is 27.4. The molecule has 0 amide bonds. The number of allylic oxidation sites excluding steroid dienone is 16. The molecule has 8 rings (SSSR count). The highest BCUT2D eigenvalue weighted by molar-refractivity contribution is 5.92. The van der Waals surface area contributed by atoms with Crippen molar-refractivity contribution in [3.63, 3.8) is 0 Å². The number of benzene rings is 4. The van der Waals surface area contributed by atoms with Crippen LogP contribution < -0.4 is 4.90 Å². The monoisotopic (exact) mass is 743 g/mol. The summed E-state index contributed by atoms with van der Waals surface area (Å²) >= 11 is 0. The van der Waals surface area contributed by atoms with Crippen LogP contribution in [0.4, 0.5) is 11.4 Å². The van der Waals surface area contributed by atoms with Gasteiger partial charge in [0.2, 0.25) is 0 Å². The van der Waals surface area contributed by atoms with Gasteiger partial charge in [0.15, 0.2) is 0 Å². The summed E-state index contributed by atoms with van der Waals surface area (Å²) in [5, 5.41) is 0. The first-order valence-electron chi connectivity index (χ1n) is 20.8. The molecule has 0 heterocycles. The quantitative estimate of drug-likeness (QED) is 0.174. The Bertz CT molecular complexity index is 2490. The van der Waals surface area contributed by atoms with Gasteiger partial charge in [-0.15, -0.1) is 0 Å². The van der Waals surface area contributed by atoms with Crippen molar-refractivity contribution in [3.8, 4) is 11.1 Å². The lowest BCUT2D eigenvalue weighted by Crippen LogP contribution is -2.26. The van der Waals surface area contributed by atoms with Crippen LogP contribution in [0.1, 0.15) is 108 Å². The van der Waals surface area contributed by atoms with Gasteiger partial charge in [0, 0.05) is 28.4 Å². The summed E-state index contributed by atoms with van der Waals surface area (Å²) in [5.74, 6) is 0. The summed E-state index contributed by atoms with van der Waals surface area (Å²) in [5.41, 5.74) is 19.3. The van der Waals surface area contributed by atoms with Gasteiger partial charge in [0.25, 0.3) is 0 Å². The van der Waals surface area contributed by atoms with Crippen LogP contribution in [0.3, 0.4) is 0 Å². The molecular formula is C56H57N. The number of hydrogen-bond donors (Lipinski definition) is 0. The molecule has 4 aromatic carbocycles. The number of para-hydroxylation sites is 1. The predicted molar refractivity (Wildman–Crippen MR) is 247 cm³/mol. The molecule has 0 radical (unpaired) electrons. The van der Waals surface area contributed by atoms with Crippen LogP contribution in [0, 0.1) is 0 Å². The topological polar surface area (TPSA) is 3.24 Å². The van der Waals surface area contributed by atoms with Crippen molar-refractivity contribution in [1.29, 1.82) is 0 Å². The Balaban J connectivity index is 1.15. The van der Waals surface area contributed by atoms with Crippen molar-refractivity contribution in [3.05, 3.63) is 215 Å². The first-order valence-corrected chi connectivity index (χ1v) is 20.8. The highest BCUT2D eigenvalue weighted by Gasteiger charge is 2.40. The number of hydrogen-bond acceptors (Lipinski definition) is 1. The van der Waals surface area contributed by atoms with E-state index in [1.54, 1.807) is 0 Å². The molecule has 57 heavy (non-hydrogen) atoms. The van der Waals surface area contributed by atoms with E-state index in [2.05, 4.69) is 211 Å². The van der Waals surface area contributed by atoms with E-state index in [0.717, 1.165) is 42.6 Å². The molecule has 0 fully saturated rings. The molecule has 0 bridgehead atoms. The van der Waals surface area contributed by atoms with Crippen LogP contribution >= 0.6 is 0 Å². The summed E-state index contributed by atoms with van der Waals surface area (Å²) in [4.78, 5) is 2.36. The highest BCUT2D eigenvalue weighted by Crippen LogP contribution is 2.54. The maximum atomic E-state index is 4.74. The Hall–Kier alpha value is -5.66. The van der Waals surface area contributed by atoms with Crippen molar-refractivity contribution in [1.82, 2.24) is 0 Å². The van der Waals surface area contributed by atoms with E-state index in [-0.39, 0.29) is 16.2 Å². The Labute approximate surface area is 342 Å². The smallest absolute Gasteiger partial charge is 0.0458 e. The van der Waals surface area contributed by atoms with Crippen LogP contribution in [-0.2, 0) is 16.2 Å². The van der Waals surface area contributed by atoms with Gasteiger partial charge in [-0.05, 0) is 153 Å². The van der Waals surface area contributed by atoms with Crippen LogP contribution in [-0.4, -0.2) is 0 Å². The van der Waals surface area contributed by atoms with Crippen molar-refractivity contribution >= 4 is 22.5 Å². The molecule has 0 saturated heterocycles. The third kappa shape index (κ3) is 6.92. The third-order valence-electron chi connectivity index (χ3n) is 12.8. The lowest BCUT2D eigenvalue weighted by atomic mass is 9.67. The molecule has 1 heteroatoms. The van der Waals surface area contributed by atoms with Gasteiger partial charge in [-0.3, -0.25) is 0 Å². The van der Waals surface area contributed by atoms with E-state index in [1.165, 1.54) is 66.8 Å². The zero-order valence-corrected chi connectivity index (χ0v) is 35.0. The van der Waals surface area contributed by atoms with Crippen molar-refractivity contribution < 1.29 is 0 Å². The zero-order chi connectivity index (χ0) is 40.0.